The first-order valence-electron chi connectivity index (χ1n) is 6.85. The van der Waals surface area contributed by atoms with Crippen LogP contribution in [-0.2, 0) is 0 Å². The summed E-state index contributed by atoms with van der Waals surface area (Å²) >= 11 is 1.28. The van der Waals surface area contributed by atoms with Gasteiger partial charge in [0.1, 0.15) is 5.82 Å². The molecule has 1 aromatic carbocycles. The van der Waals surface area contributed by atoms with Crippen LogP contribution in [-0.4, -0.2) is 30.4 Å². The number of hydrogen-bond acceptors (Lipinski definition) is 3. The quantitative estimate of drug-likeness (QED) is 0.725. The molecule has 0 saturated heterocycles. The van der Waals surface area contributed by atoms with Crippen LogP contribution in [0.2, 0.25) is 0 Å². The van der Waals surface area contributed by atoms with E-state index in [0.29, 0.717) is 23.4 Å². The first-order chi connectivity index (χ1) is 9.62. The standard InChI is InChI=1S/C15H22FNO2S/c1-3-4-11(7-8-18)10-17-15(19)12-5-6-13(16)14(9-12)20-2/h5-6,9,11,18H,3-4,7-8,10H2,1-2H3,(H,17,19). The predicted octanol–water partition coefficient (Wildman–Crippen LogP) is 3.08. The Hall–Kier alpha value is -1.07. The number of rotatable bonds is 8. The van der Waals surface area contributed by atoms with Crippen molar-refractivity contribution in [1.29, 1.82) is 0 Å². The van der Waals surface area contributed by atoms with E-state index in [9.17, 15) is 9.18 Å². The van der Waals surface area contributed by atoms with E-state index in [1.807, 2.05) is 0 Å². The maximum absolute atomic E-state index is 13.4. The molecule has 112 valence electrons. The van der Waals surface area contributed by atoms with Crippen molar-refractivity contribution in [1.82, 2.24) is 5.32 Å². The van der Waals surface area contributed by atoms with Crippen molar-refractivity contribution in [3.05, 3.63) is 29.6 Å². The molecule has 0 aromatic heterocycles. The summed E-state index contributed by atoms with van der Waals surface area (Å²) in [5, 5.41) is 11.8. The molecule has 0 spiro atoms. The molecule has 0 aliphatic rings. The molecule has 1 rings (SSSR count). The number of halogens is 1. The van der Waals surface area contributed by atoms with Gasteiger partial charge in [-0.25, -0.2) is 4.39 Å². The third-order valence-corrected chi connectivity index (χ3v) is 3.95. The second-order valence-corrected chi connectivity index (χ2v) is 5.57. The number of benzene rings is 1. The number of aliphatic hydroxyl groups is 1. The molecule has 1 aromatic rings. The van der Waals surface area contributed by atoms with Gasteiger partial charge in [0.15, 0.2) is 0 Å². The summed E-state index contributed by atoms with van der Waals surface area (Å²) < 4.78 is 13.4. The Morgan fingerprint density at radius 3 is 2.80 bits per heavy atom. The first kappa shape index (κ1) is 17.0. The van der Waals surface area contributed by atoms with Crippen molar-refractivity contribution >= 4 is 17.7 Å². The van der Waals surface area contributed by atoms with Gasteiger partial charge < -0.3 is 10.4 Å². The highest BCUT2D eigenvalue weighted by atomic mass is 32.2. The molecule has 0 saturated carbocycles. The monoisotopic (exact) mass is 299 g/mol. The van der Waals surface area contributed by atoms with Gasteiger partial charge in [0.2, 0.25) is 0 Å². The normalized spacial score (nSPS) is 12.2. The second-order valence-electron chi connectivity index (χ2n) is 4.73. The summed E-state index contributed by atoms with van der Waals surface area (Å²) in [5.74, 6) is -0.216. The van der Waals surface area contributed by atoms with Gasteiger partial charge in [-0.2, -0.15) is 0 Å². The Morgan fingerprint density at radius 2 is 2.20 bits per heavy atom. The van der Waals surface area contributed by atoms with Crippen LogP contribution < -0.4 is 5.32 Å². The molecule has 5 heteroatoms. The lowest BCUT2D eigenvalue weighted by molar-refractivity contribution is 0.0942. The number of hydrogen-bond donors (Lipinski definition) is 2. The van der Waals surface area contributed by atoms with Crippen LogP contribution in [0.1, 0.15) is 36.5 Å². The van der Waals surface area contributed by atoms with Crippen molar-refractivity contribution in [2.75, 3.05) is 19.4 Å². The Bertz CT molecular complexity index is 434. The third-order valence-electron chi connectivity index (χ3n) is 3.20. The Morgan fingerprint density at radius 1 is 1.45 bits per heavy atom. The van der Waals surface area contributed by atoms with Gasteiger partial charge in [0.25, 0.3) is 5.91 Å². The van der Waals surface area contributed by atoms with Gasteiger partial charge in [0, 0.05) is 23.6 Å². The van der Waals surface area contributed by atoms with E-state index in [0.717, 1.165) is 12.8 Å². The maximum atomic E-state index is 13.4. The highest BCUT2D eigenvalue weighted by Gasteiger charge is 2.12. The summed E-state index contributed by atoms with van der Waals surface area (Å²) in [5.41, 5.74) is 0.468. The Kier molecular flexibility index (Phi) is 7.62. The first-order valence-corrected chi connectivity index (χ1v) is 8.07. The van der Waals surface area contributed by atoms with Crippen molar-refractivity contribution in [3.63, 3.8) is 0 Å². The lowest BCUT2D eigenvalue weighted by atomic mass is 10.00. The van der Waals surface area contributed by atoms with Gasteiger partial charge in [-0.3, -0.25) is 4.79 Å². The van der Waals surface area contributed by atoms with Gasteiger partial charge in [0.05, 0.1) is 0 Å². The number of carbonyl (C=O) groups is 1. The van der Waals surface area contributed by atoms with E-state index in [1.165, 1.54) is 23.9 Å². The molecule has 0 radical (unpaired) electrons. The third kappa shape index (κ3) is 5.13. The average molecular weight is 299 g/mol. The fourth-order valence-electron chi connectivity index (χ4n) is 2.08. The van der Waals surface area contributed by atoms with Crippen molar-refractivity contribution in [2.45, 2.75) is 31.1 Å². The number of thioether (sulfide) groups is 1. The number of aliphatic hydroxyl groups excluding tert-OH is 1. The lowest BCUT2D eigenvalue weighted by Crippen LogP contribution is -2.29. The average Bonchev–Trinajstić information content (AvgIpc) is 2.45. The molecule has 0 aliphatic carbocycles. The van der Waals surface area contributed by atoms with Gasteiger partial charge >= 0.3 is 0 Å². The summed E-state index contributed by atoms with van der Waals surface area (Å²) in [4.78, 5) is 12.5. The van der Waals surface area contributed by atoms with E-state index < -0.39 is 0 Å². The number of amides is 1. The molecule has 3 nitrogen and oxygen atoms in total. The Labute approximate surface area is 124 Å². The summed E-state index contributed by atoms with van der Waals surface area (Å²) in [7, 11) is 0. The summed E-state index contributed by atoms with van der Waals surface area (Å²) in [6.45, 7) is 2.75. The number of carbonyl (C=O) groups excluding carboxylic acids is 1. The molecular weight excluding hydrogens is 277 g/mol. The maximum Gasteiger partial charge on any atom is 0.251 e. The molecule has 1 unspecified atom stereocenters. The van der Waals surface area contributed by atoms with Crippen LogP contribution in [0.15, 0.2) is 23.1 Å². The highest BCUT2D eigenvalue weighted by molar-refractivity contribution is 7.98. The minimum Gasteiger partial charge on any atom is -0.396 e. The van der Waals surface area contributed by atoms with Crippen LogP contribution in [0.3, 0.4) is 0 Å². The van der Waals surface area contributed by atoms with Crippen LogP contribution in [0, 0.1) is 11.7 Å². The Balaban J connectivity index is 2.61. The molecule has 0 fully saturated rings. The van der Waals surface area contributed by atoms with E-state index in [-0.39, 0.29) is 24.2 Å². The number of nitrogens with one attached hydrogen (secondary N) is 1. The minimum atomic E-state index is -0.307. The second kappa shape index (κ2) is 8.97. The zero-order valence-corrected chi connectivity index (χ0v) is 12.8. The largest absolute Gasteiger partial charge is 0.396 e. The van der Waals surface area contributed by atoms with Crippen LogP contribution in [0.5, 0.6) is 0 Å². The highest BCUT2D eigenvalue weighted by Crippen LogP contribution is 2.20. The fourth-order valence-corrected chi connectivity index (χ4v) is 2.59. The van der Waals surface area contributed by atoms with E-state index in [4.69, 9.17) is 5.11 Å². The molecule has 1 amide bonds. The van der Waals surface area contributed by atoms with Crippen LogP contribution in [0.4, 0.5) is 4.39 Å². The molecule has 1 atom stereocenters. The molecule has 0 heterocycles. The van der Waals surface area contributed by atoms with Gasteiger partial charge in [-0.05, 0) is 43.2 Å². The predicted molar refractivity (Wildman–Crippen MR) is 80.6 cm³/mol. The molecule has 2 N–H and O–H groups in total. The van der Waals surface area contributed by atoms with E-state index >= 15 is 0 Å². The summed E-state index contributed by atoms with van der Waals surface area (Å²) in [6.07, 6.45) is 4.46. The zero-order chi connectivity index (χ0) is 15.0. The molecule has 20 heavy (non-hydrogen) atoms. The van der Waals surface area contributed by atoms with Gasteiger partial charge in [-0.1, -0.05) is 13.3 Å². The molecular formula is C15H22FNO2S. The SMILES string of the molecule is CCCC(CCO)CNC(=O)c1ccc(F)c(SC)c1. The van der Waals surface area contributed by atoms with Crippen LogP contribution in [0.25, 0.3) is 0 Å². The topological polar surface area (TPSA) is 49.3 Å². The summed E-state index contributed by atoms with van der Waals surface area (Å²) in [6, 6.07) is 4.37. The molecule has 0 aliphatic heterocycles. The smallest absolute Gasteiger partial charge is 0.251 e. The molecule has 0 bridgehead atoms. The van der Waals surface area contributed by atoms with Crippen molar-refractivity contribution in [3.8, 4) is 0 Å². The fraction of sp³-hybridized carbons (Fsp3) is 0.533. The van der Waals surface area contributed by atoms with E-state index in [2.05, 4.69) is 12.2 Å². The van der Waals surface area contributed by atoms with Gasteiger partial charge in [-0.15, -0.1) is 11.8 Å². The zero-order valence-electron chi connectivity index (χ0n) is 12.0. The van der Waals surface area contributed by atoms with Crippen molar-refractivity contribution in [2.24, 2.45) is 5.92 Å². The lowest BCUT2D eigenvalue weighted by Gasteiger charge is -2.15. The minimum absolute atomic E-state index is 0.133. The van der Waals surface area contributed by atoms with E-state index in [1.54, 1.807) is 12.3 Å². The van der Waals surface area contributed by atoms with Crippen LogP contribution >= 0.6 is 11.8 Å². The van der Waals surface area contributed by atoms with Crippen molar-refractivity contribution < 1.29 is 14.3 Å².